The molecule has 2 atom stereocenters. The molecule has 1 aromatic carbocycles. The standard InChI is InChI=1S/C34H50N4/c1-5-12-28-13-8-11-16-33(28)34(4,29-14-9-10-15-29)30-18-20-37(21-19-30)25-27-17-22-38(26-27)32(7-3)24-36-31(6-2)23-35/h6,8,11,13,16,24,27,29-30H,2,5,7,9-10,12,14-15,17-22,25-26H2,1,3-4H3/b32-24+,36-31?. The monoisotopic (exact) mass is 514 g/mol. The van der Waals surface area contributed by atoms with Gasteiger partial charge in [-0.05, 0) is 98.4 Å². The molecule has 4 rings (SSSR count). The fourth-order valence-electron chi connectivity index (χ4n) is 7.82. The lowest BCUT2D eigenvalue weighted by molar-refractivity contribution is 0.0896. The maximum absolute atomic E-state index is 9.13. The van der Waals surface area contributed by atoms with E-state index in [1.54, 1.807) is 11.1 Å². The molecule has 0 N–H and O–H groups in total. The maximum atomic E-state index is 9.13. The molecule has 1 saturated carbocycles. The van der Waals surface area contributed by atoms with Crippen LogP contribution < -0.4 is 0 Å². The number of nitriles is 1. The fraction of sp³-hybridized carbons (Fsp3) is 0.647. The van der Waals surface area contributed by atoms with Gasteiger partial charge < -0.3 is 9.80 Å². The Morgan fingerprint density at radius 1 is 1.08 bits per heavy atom. The molecule has 0 aromatic heterocycles. The van der Waals surface area contributed by atoms with E-state index in [4.69, 9.17) is 5.26 Å². The van der Waals surface area contributed by atoms with Crippen LogP contribution in [0.1, 0.15) is 89.7 Å². The van der Waals surface area contributed by atoms with Gasteiger partial charge in [0, 0.05) is 31.5 Å². The predicted octanol–water partition coefficient (Wildman–Crippen LogP) is 7.52. The first-order chi connectivity index (χ1) is 18.5. The van der Waals surface area contributed by atoms with Gasteiger partial charge in [-0.25, -0.2) is 4.99 Å². The Labute approximate surface area is 232 Å². The lowest BCUT2D eigenvalue weighted by Gasteiger charge is -2.48. The molecular formula is C34H50N4. The first-order valence-corrected chi connectivity index (χ1v) is 15.4. The van der Waals surface area contributed by atoms with E-state index in [9.17, 15) is 0 Å². The second-order valence-corrected chi connectivity index (χ2v) is 12.2. The van der Waals surface area contributed by atoms with Crippen LogP contribution in [0.2, 0.25) is 0 Å². The zero-order valence-corrected chi connectivity index (χ0v) is 24.3. The molecule has 4 nitrogen and oxygen atoms in total. The minimum Gasteiger partial charge on any atom is -0.373 e. The molecule has 3 fully saturated rings. The van der Waals surface area contributed by atoms with Crippen LogP contribution >= 0.6 is 0 Å². The van der Waals surface area contributed by atoms with Crippen molar-refractivity contribution in [2.75, 3.05) is 32.7 Å². The van der Waals surface area contributed by atoms with E-state index in [1.807, 2.05) is 6.20 Å². The highest BCUT2D eigenvalue weighted by molar-refractivity contribution is 6.07. The summed E-state index contributed by atoms with van der Waals surface area (Å²) >= 11 is 0. The molecule has 1 aromatic rings. The third-order valence-corrected chi connectivity index (χ3v) is 9.99. The number of nitrogens with zero attached hydrogens (tertiary/aromatic N) is 4. The van der Waals surface area contributed by atoms with E-state index >= 15 is 0 Å². The van der Waals surface area contributed by atoms with Crippen LogP contribution in [0, 0.1) is 29.1 Å². The predicted molar refractivity (Wildman–Crippen MR) is 160 cm³/mol. The summed E-state index contributed by atoms with van der Waals surface area (Å²) in [5.41, 5.74) is 5.22. The van der Waals surface area contributed by atoms with Crippen molar-refractivity contribution >= 4 is 5.71 Å². The van der Waals surface area contributed by atoms with E-state index in [1.165, 1.54) is 89.2 Å². The lowest BCUT2D eigenvalue weighted by Crippen LogP contribution is -2.46. The van der Waals surface area contributed by atoms with Crippen molar-refractivity contribution in [3.8, 4) is 6.07 Å². The molecule has 38 heavy (non-hydrogen) atoms. The van der Waals surface area contributed by atoms with Gasteiger partial charge in [0.15, 0.2) is 0 Å². The Kier molecular flexibility index (Phi) is 10.3. The summed E-state index contributed by atoms with van der Waals surface area (Å²) in [6, 6.07) is 11.5. The van der Waals surface area contributed by atoms with Gasteiger partial charge in [0.1, 0.15) is 11.8 Å². The van der Waals surface area contributed by atoms with Crippen LogP contribution in [0.25, 0.3) is 0 Å². The van der Waals surface area contributed by atoms with E-state index in [0.717, 1.165) is 31.3 Å². The van der Waals surface area contributed by atoms with Crippen LogP contribution in [-0.4, -0.2) is 48.2 Å². The summed E-state index contributed by atoms with van der Waals surface area (Å²) in [6.45, 7) is 16.7. The zero-order valence-electron chi connectivity index (χ0n) is 24.3. The zero-order chi connectivity index (χ0) is 27.0. The minimum atomic E-state index is 0.313. The maximum Gasteiger partial charge on any atom is 0.139 e. The molecule has 2 unspecified atom stereocenters. The number of benzene rings is 1. The van der Waals surface area contributed by atoms with Crippen LogP contribution in [0.5, 0.6) is 0 Å². The van der Waals surface area contributed by atoms with Gasteiger partial charge in [-0.15, -0.1) is 0 Å². The largest absolute Gasteiger partial charge is 0.373 e. The third-order valence-electron chi connectivity index (χ3n) is 9.99. The molecule has 1 aliphatic carbocycles. The second kappa shape index (κ2) is 13.6. The molecule has 2 aliphatic heterocycles. The molecule has 3 aliphatic rings. The third kappa shape index (κ3) is 6.42. The number of aryl methyl sites for hydroxylation is 1. The Morgan fingerprint density at radius 3 is 2.45 bits per heavy atom. The fourth-order valence-corrected chi connectivity index (χ4v) is 7.82. The van der Waals surface area contributed by atoms with Gasteiger partial charge in [-0.1, -0.05) is 70.9 Å². The highest BCUT2D eigenvalue weighted by Crippen LogP contribution is 2.51. The van der Waals surface area contributed by atoms with Crippen molar-refractivity contribution in [1.82, 2.24) is 9.80 Å². The van der Waals surface area contributed by atoms with E-state index in [0.29, 0.717) is 17.0 Å². The van der Waals surface area contributed by atoms with Crippen molar-refractivity contribution in [2.45, 2.75) is 90.4 Å². The molecule has 206 valence electrons. The Hall–Kier alpha value is -2.38. The molecule has 4 heteroatoms. The summed E-state index contributed by atoms with van der Waals surface area (Å²) < 4.78 is 0. The number of rotatable bonds is 11. The van der Waals surface area contributed by atoms with Gasteiger partial charge in [0.05, 0.1) is 0 Å². The van der Waals surface area contributed by atoms with Crippen LogP contribution in [0.4, 0.5) is 0 Å². The Balaban J connectivity index is 1.39. The smallest absolute Gasteiger partial charge is 0.139 e. The second-order valence-electron chi connectivity index (χ2n) is 12.2. The normalized spacial score (nSPS) is 23.9. The van der Waals surface area contributed by atoms with Gasteiger partial charge in [0.25, 0.3) is 0 Å². The molecule has 0 amide bonds. The van der Waals surface area contributed by atoms with Crippen LogP contribution in [-0.2, 0) is 11.8 Å². The average molecular weight is 515 g/mol. The molecule has 2 saturated heterocycles. The van der Waals surface area contributed by atoms with Gasteiger partial charge in [-0.2, -0.15) is 5.26 Å². The van der Waals surface area contributed by atoms with Gasteiger partial charge in [-0.3, -0.25) is 0 Å². The number of piperidine rings is 1. The highest BCUT2D eigenvalue weighted by atomic mass is 15.2. The summed E-state index contributed by atoms with van der Waals surface area (Å²) in [5, 5.41) is 9.13. The SMILES string of the molecule is C=CC(C#N)=N/C=C(\CC)N1CCC(CN2CCC(C(C)(c3ccccc3CCC)C3CCCC3)CC2)C1. The number of aliphatic imine (C=N–C) groups is 1. The van der Waals surface area contributed by atoms with Crippen molar-refractivity contribution < 1.29 is 0 Å². The van der Waals surface area contributed by atoms with Crippen molar-refractivity contribution in [3.05, 3.63) is 59.9 Å². The van der Waals surface area contributed by atoms with Gasteiger partial charge in [0.2, 0.25) is 0 Å². The Bertz CT molecular complexity index is 1020. The summed E-state index contributed by atoms with van der Waals surface area (Å²) in [5.74, 6) is 2.34. The molecule has 0 bridgehead atoms. The van der Waals surface area contributed by atoms with Crippen LogP contribution in [0.3, 0.4) is 0 Å². The average Bonchev–Trinajstić information content (AvgIpc) is 3.65. The highest BCUT2D eigenvalue weighted by Gasteiger charge is 2.45. The van der Waals surface area contributed by atoms with E-state index in [-0.39, 0.29) is 0 Å². The van der Waals surface area contributed by atoms with E-state index in [2.05, 4.69) is 72.5 Å². The quantitative estimate of drug-likeness (QED) is 0.287. The first-order valence-electron chi connectivity index (χ1n) is 15.4. The molecule has 0 spiro atoms. The number of likely N-dealkylation sites (tertiary alicyclic amines) is 2. The van der Waals surface area contributed by atoms with Crippen molar-refractivity contribution in [2.24, 2.45) is 22.7 Å². The van der Waals surface area contributed by atoms with Crippen molar-refractivity contribution in [3.63, 3.8) is 0 Å². The summed E-state index contributed by atoms with van der Waals surface area (Å²) in [6.07, 6.45) is 16.3. The minimum absolute atomic E-state index is 0.313. The molecular weight excluding hydrogens is 464 g/mol. The van der Waals surface area contributed by atoms with E-state index < -0.39 is 0 Å². The topological polar surface area (TPSA) is 42.6 Å². The number of hydrogen-bond acceptors (Lipinski definition) is 4. The van der Waals surface area contributed by atoms with Crippen molar-refractivity contribution in [1.29, 1.82) is 5.26 Å². The Morgan fingerprint density at radius 2 is 1.79 bits per heavy atom. The summed E-state index contributed by atoms with van der Waals surface area (Å²) in [4.78, 5) is 9.59. The van der Waals surface area contributed by atoms with Gasteiger partial charge >= 0.3 is 0 Å². The molecule has 2 heterocycles. The molecule has 0 radical (unpaired) electrons. The number of hydrogen-bond donors (Lipinski definition) is 0. The summed E-state index contributed by atoms with van der Waals surface area (Å²) in [7, 11) is 0. The number of allylic oxidation sites excluding steroid dienone is 2. The first kappa shape index (κ1) is 28.6. The van der Waals surface area contributed by atoms with Crippen LogP contribution in [0.15, 0.2) is 53.8 Å². The lowest BCUT2D eigenvalue weighted by atomic mass is 9.59.